The molecule has 1 aromatic heterocycles. The van der Waals surface area contributed by atoms with E-state index in [1.165, 1.54) is 0 Å². The molecule has 2 heterocycles. The van der Waals surface area contributed by atoms with E-state index in [2.05, 4.69) is 11.9 Å². The second kappa shape index (κ2) is 11.0. The number of ether oxygens (including phenoxy) is 3. The molecule has 33 heavy (non-hydrogen) atoms. The Morgan fingerprint density at radius 1 is 1.12 bits per heavy atom. The van der Waals surface area contributed by atoms with Crippen LogP contribution in [0.4, 0.5) is 0 Å². The molecule has 0 aliphatic carbocycles. The first-order valence-electron chi connectivity index (χ1n) is 11.6. The number of H-pyrrole nitrogens is 1. The standard InChI is InChI=1S/C26H31N3O4/c1-3-5-14-33-23-11-10-19(18-24(23)32-4-2)17-20(26(30)29-12-15-31-16-13-29)25-27-21-8-6-7-9-22(21)28-25/h6-11,17-18H,3-5,12-16H2,1-2H3,(H,27,28). The molecule has 0 spiro atoms. The van der Waals surface area contributed by atoms with E-state index in [9.17, 15) is 4.79 Å². The van der Waals surface area contributed by atoms with Crippen molar-refractivity contribution >= 4 is 28.6 Å². The number of fused-ring (bicyclic) bond motifs is 1. The van der Waals surface area contributed by atoms with Gasteiger partial charge < -0.3 is 24.1 Å². The zero-order valence-electron chi connectivity index (χ0n) is 19.3. The van der Waals surface area contributed by atoms with Gasteiger partial charge in [-0.15, -0.1) is 0 Å². The molecule has 1 saturated heterocycles. The van der Waals surface area contributed by atoms with Crippen LogP contribution in [0.5, 0.6) is 11.5 Å². The van der Waals surface area contributed by atoms with E-state index in [1.54, 1.807) is 0 Å². The maximum Gasteiger partial charge on any atom is 0.257 e. The van der Waals surface area contributed by atoms with Gasteiger partial charge in [0.15, 0.2) is 11.5 Å². The zero-order valence-corrected chi connectivity index (χ0v) is 19.3. The third-order valence-corrected chi connectivity index (χ3v) is 5.51. The fourth-order valence-corrected chi connectivity index (χ4v) is 3.74. The largest absolute Gasteiger partial charge is 0.490 e. The van der Waals surface area contributed by atoms with Crippen molar-refractivity contribution in [2.75, 3.05) is 39.5 Å². The number of para-hydroxylation sites is 2. The minimum Gasteiger partial charge on any atom is -0.490 e. The molecule has 7 heteroatoms. The first-order chi connectivity index (χ1) is 16.2. The summed E-state index contributed by atoms with van der Waals surface area (Å²) in [5, 5.41) is 0. The summed E-state index contributed by atoms with van der Waals surface area (Å²) in [6, 6.07) is 13.5. The molecule has 1 aliphatic rings. The van der Waals surface area contributed by atoms with Gasteiger partial charge in [-0.25, -0.2) is 4.98 Å². The number of rotatable bonds is 9. The molecule has 7 nitrogen and oxygen atoms in total. The van der Waals surface area contributed by atoms with E-state index < -0.39 is 0 Å². The summed E-state index contributed by atoms with van der Waals surface area (Å²) < 4.78 is 17.2. The van der Waals surface area contributed by atoms with Gasteiger partial charge in [0.05, 0.1) is 43.0 Å². The highest BCUT2D eigenvalue weighted by Gasteiger charge is 2.24. The minimum absolute atomic E-state index is 0.0708. The Bertz CT molecular complexity index is 1080. The van der Waals surface area contributed by atoms with Crippen molar-refractivity contribution in [3.05, 3.63) is 53.9 Å². The van der Waals surface area contributed by atoms with Crippen molar-refractivity contribution in [3.8, 4) is 11.5 Å². The van der Waals surface area contributed by atoms with Crippen LogP contribution in [0.25, 0.3) is 22.7 Å². The number of benzene rings is 2. The average molecular weight is 450 g/mol. The number of imidazole rings is 1. The van der Waals surface area contributed by atoms with Gasteiger partial charge in [0.1, 0.15) is 5.82 Å². The fraction of sp³-hybridized carbons (Fsp3) is 0.385. The molecule has 2 aromatic carbocycles. The summed E-state index contributed by atoms with van der Waals surface area (Å²) >= 11 is 0. The van der Waals surface area contributed by atoms with E-state index in [4.69, 9.17) is 19.2 Å². The first-order valence-corrected chi connectivity index (χ1v) is 11.6. The first kappa shape index (κ1) is 22.9. The number of morpholine rings is 1. The number of aromatic amines is 1. The Morgan fingerprint density at radius 2 is 1.94 bits per heavy atom. The van der Waals surface area contributed by atoms with Gasteiger partial charge in [-0.3, -0.25) is 4.79 Å². The van der Waals surface area contributed by atoms with E-state index >= 15 is 0 Å². The van der Waals surface area contributed by atoms with Crippen LogP contribution in [0, 0.1) is 0 Å². The van der Waals surface area contributed by atoms with Crippen LogP contribution >= 0.6 is 0 Å². The zero-order chi connectivity index (χ0) is 23.0. The molecule has 1 aliphatic heterocycles. The number of unbranched alkanes of at least 4 members (excludes halogenated alkanes) is 1. The third kappa shape index (κ3) is 5.54. The summed E-state index contributed by atoms with van der Waals surface area (Å²) in [5.41, 5.74) is 3.07. The van der Waals surface area contributed by atoms with E-state index in [0.717, 1.165) is 29.4 Å². The van der Waals surface area contributed by atoms with Crippen molar-refractivity contribution in [1.29, 1.82) is 0 Å². The Labute approximate surface area is 194 Å². The number of amides is 1. The molecular weight excluding hydrogens is 418 g/mol. The van der Waals surface area contributed by atoms with Crippen molar-refractivity contribution in [3.63, 3.8) is 0 Å². The number of hydrogen-bond donors (Lipinski definition) is 1. The highest BCUT2D eigenvalue weighted by Crippen LogP contribution is 2.31. The van der Waals surface area contributed by atoms with Gasteiger partial charge in [0.2, 0.25) is 0 Å². The highest BCUT2D eigenvalue weighted by atomic mass is 16.5. The number of hydrogen-bond acceptors (Lipinski definition) is 5. The van der Waals surface area contributed by atoms with Crippen LogP contribution in [0.15, 0.2) is 42.5 Å². The molecule has 0 saturated carbocycles. The molecule has 0 bridgehead atoms. The molecule has 174 valence electrons. The predicted molar refractivity (Wildman–Crippen MR) is 129 cm³/mol. The fourth-order valence-electron chi connectivity index (χ4n) is 3.74. The summed E-state index contributed by atoms with van der Waals surface area (Å²) in [6.45, 7) is 7.45. The van der Waals surface area contributed by atoms with Gasteiger partial charge in [-0.05, 0) is 49.2 Å². The normalized spacial score (nSPS) is 14.5. The van der Waals surface area contributed by atoms with Crippen LogP contribution in [0.3, 0.4) is 0 Å². The van der Waals surface area contributed by atoms with E-state index in [0.29, 0.717) is 62.4 Å². The average Bonchev–Trinajstić information content (AvgIpc) is 3.28. The van der Waals surface area contributed by atoms with Crippen LogP contribution < -0.4 is 9.47 Å². The van der Waals surface area contributed by atoms with Crippen molar-refractivity contribution in [1.82, 2.24) is 14.9 Å². The number of nitrogens with one attached hydrogen (secondary N) is 1. The van der Waals surface area contributed by atoms with Crippen LogP contribution in [0.1, 0.15) is 38.1 Å². The van der Waals surface area contributed by atoms with Gasteiger partial charge in [0.25, 0.3) is 5.91 Å². The second-order valence-corrected chi connectivity index (χ2v) is 7.91. The Balaban J connectivity index is 1.71. The van der Waals surface area contributed by atoms with E-state index in [1.807, 2.05) is 60.4 Å². The molecule has 4 rings (SSSR count). The molecule has 1 fully saturated rings. The molecule has 1 amide bonds. The van der Waals surface area contributed by atoms with Gasteiger partial charge in [-0.2, -0.15) is 0 Å². The maximum atomic E-state index is 13.5. The summed E-state index contributed by atoms with van der Waals surface area (Å²) in [4.78, 5) is 23.3. The van der Waals surface area contributed by atoms with Crippen molar-refractivity contribution < 1.29 is 19.0 Å². The van der Waals surface area contributed by atoms with Crippen molar-refractivity contribution in [2.45, 2.75) is 26.7 Å². The third-order valence-electron chi connectivity index (χ3n) is 5.51. The van der Waals surface area contributed by atoms with Gasteiger partial charge in [0, 0.05) is 13.1 Å². The number of aromatic nitrogens is 2. The predicted octanol–water partition coefficient (Wildman–Crippen LogP) is 4.54. The molecule has 0 atom stereocenters. The molecular formula is C26H31N3O4. The second-order valence-electron chi connectivity index (χ2n) is 7.91. The van der Waals surface area contributed by atoms with Crippen molar-refractivity contribution in [2.24, 2.45) is 0 Å². The Hall–Kier alpha value is -3.32. The number of nitrogens with zero attached hydrogens (tertiary/aromatic N) is 2. The molecule has 0 unspecified atom stereocenters. The lowest BCUT2D eigenvalue weighted by Crippen LogP contribution is -2.41. The topological polar surface area (TPSA) is 76.7 Å². The molecule has 0 radical (unpaired) electrons. The smallest absolute Gasteiger partial charge is 0.257 e. The monoisotopic (exact) mass is 449 g/mol. The Morgan fingerprint density at radius 3 is 2.70 bits per heavy atom. The summed E-state index contributed by atoms with van der Waals surface area (Å²) in [5.74, 6) is 1.87. The quantitative estimate of drug-likeness (QED) is 0.383. The maximum absolute atomic E-state index is 13.5. The lowest BCUT2D eigenvalue weighted by molar-refractivity contribution is -0.128. The van der Waals surface area contributed by atoms with Gasteiger partial charge in [-0.1, -0.05) is 31.5 Å². The van der Waals surface area contributed by atoms with E-state index in [-0.39, 0.29) is 5.91 Å². The number of carbonyl (C=O) groups excluding carboxylic acids is 1. The lowest BCUT2D eigenvalue weighted by Gasteiger charge is -2.27. The molecule has 3 aromatic rings. The van der Waals surface area contributed by atoms with Crippen LogP contribution in [-0.2, 0) is 9.53 Å². The SMILES string of the molecule is CCCCOc1ccc(C=C(C(=O)N2CCOCC2)c2nc3ccccc3[nH]2)cc1OCC. The summed E-state index contributed by atoms with van der Waals surface area (Å²) in [6.07, 6.45) is 3.92. The highest BCUT2D eigenvalue weighted by molar-refractivity contribution is 6.23. The lowest BCUT2D eigenvalue weighted by atomic mass is 10.1. The van der Waals surface area contributed by atoms with Gasteiger partial charge >= 0.3 is 0 Å². The van der Waals surface area contributed by atoms with Crippen LogP contribution in [0.2, 0.25) is 0 Å². The van der Waals surface area contributed by atoms with Crippen LogP contribution in [-0.4, -0.2) is 60.3 Å². The minimum atomic E-state index is -0.0708. The summed E-state index contributed by atoms with van der Waals surface area (Å²) in [7, 11) is 0. The number of carbonyl (C=O) groups is 1. The Kier molecular flexibility index (Phi) is 7.62. The molecule has 1 N–H and O–H groups in total.